The van der Waals surface area contributed by atoms with Gasteiger partial charge in [0.2, 0.25) is 0 Å². The number of carbonyl (C=O) groups is 1. The Labute approximate surface area is 92.5 Å². The molecule has 1 aromatic carbocycles. The third-order valence-electron chi connectivity index (χ3n) is 2.39. The second-order valence-electron chi connectivity index (χ2n) is 3.51. The van der Waals surface area contributed by atoms with Crippen LogP contribution in [0.4, 0.5) is 0 Å². The molecule has 0 aliphatic heterocycles. The maximum Gasteiger partial charge on any atom is 0.330 e. The molecular formula is C12H12N2O2. The monoisotopic (exact) mass is 216 g/mol. The zero-order valence-electron chi connectivity index (χ0n) is 8.72. The Balaban J connectivity index is 2.32. The van der Waals surface area contributed by atoms with E-state index >= 15 is 0 Å². The van der Waals surface area contributed by atoms with Crippen molar-refractivity contribution in [3.05, 3.63) is 52.7 Å². The van der Waals surface area contributed by atoms with Gasteiger partial charge in [0.15, 0.2) is 0 Å². The number of hydrogen-bond acceptors (Lipinski definition) is 2. The van der Waals surface area contributed by atoms with E-state index in [-0.39, 0.29) is 5.69 Å². The minimum Gasteiger partial charge on any atom is -0.312 e. The summed E-state index contributed by atoms with van der Waals surface area (Å²) in [4.78, 5) is 24.3. The Morgan fingerprint density at radius 2 is 2.25 bits per heavy atom. The van der Waals surface area contributed by atoms with E-state index in [4.69, 9.17) is 0 Å². The van der Waals surface area contributed by atoms with Crippen LogP contribution in [0.25, 0.3) is 5.69 Å². The molecule has 0 aliphatic carbocycles. The number of aryl methyl sites for hydroxylation is 1. The number of nitrogens with zero attached hydrogens (tertiary/aromatic N) is 1. The van der Waals surface area contributed by atoms with Crippen LogP contribution in [0.2, 0.25) is 0 Å². The zero-order valence-corrected chi connectivity index (χ0v) is 8.72. The number of carbonyl (C=O) groups excluding carboxylic acids is 1. The number of benzene rings is 1. The largest absolute Gasteiger partial charge is 0.330 e. The van der Waals surface area contributed by atoms with E-state index in [1.54, 1.807) is 12.4 Å². The van der Waals surface area contributed by atoms with Crippen molar-refractivity contribution in [1.82, 2.24) is 9.55 Å². The summed E-state index contributed by atoms with van der Waals surface area (Å²) < 4.78 is 1.53. The van der Waals surface area contributed by atoms with Gasteiger partial charge in [-0.05, 0) is 24.1 Å². The highest BCUT2D eigenvalue weighted by Crippen LogP contribution is 2.09. The van der Waals surface area contributed by atoms with Crippen LogP contribution >= 0.6 is 0 Å². The van der Waals surface area contributed by atoms with Crippen LogP contribution < -0.4 is 5.69 Å². The van der Waals surface area contributed by atoms with Gasteiger partial charge in [-0.15, -0.1) is 0 Å². The molecular weight excluding hydrogens is 204 g/mol. The molecule has 0 saturated heterocycles. The molecule has 0 saturated carbocycles. The van der Waals surface area contributed by atoms with Crippen LogP contribution in [0.1, 0.15) is 12.0 Å². The molecule has 1 heterocycles. The van der Waals surface area contributed by atoms with E-state index in [9.17, 15) is 9.59 Å². The molecule has 82 valence electrons. The molecule has 4 heteroatoms. The van der Waals surface area contributed by atoms with Crippen molar-refractivity contribution in [3.8, 4) is 5.69 Å². The first kappa shape index (κ1) is 10.4. The smallest absolute Gasteiger partial charge is 0.312 e. The predicted molar refractivity (Wildman–Crippen MR) is 60.8 cm³/mol. The fraction of sp³-hybridized carbons (Fsp3) is 0.167. The molecule has 0 bridgehead atoms. The van der Waals surface area contributed by atoms with Gasteiger partial charge in [-0.2, -0.15) is 0 Å². The molecule has 0 unspecified atom stereocenters. The summed E-state index contributed by atoms with van der Waals surface area (Å²) in [5.41, 5.74) is 1.71. The highest BCUT2D eigenvalue weighted by Gasteiger charge is 2.00. The van der Waals surface area contributed by atoms with Crippen molar-refractivity contribution >= 4 is 6.29 Å². The SMILES string of the molecule is O=CCCc1cccc(-n2cc[nH]c2=O)c1. The first-order valence-corrected chi connectivity index (χ1v) is 5.10. The Kier molecular flexibility index (Phi) is 3.00. The number of aromatic amines is 1. The third kappa shape index (κ3) is 2.11. The van der Waals surface area contributed by atoms with Crippen LogP contribution in [0.5, 0.6) is 0 Å². The van der Waals surface area contributed by atoms with Gasteiger partial charge in [-0.3, -0.25) is 4.57 Å². The van der Waals surface area contributed by atoms with Crippen LogP contribution in [0.3, 0.4) is 0 Å². The fourth-order valence-corrected chi connectivity index (χ4v) is 1.61. The molecule has 4 nitrogen and oxygen atoms in total. The normalized spacial score (nSPS) is 10.2. The van der Waals surface area contributed by atoms with Crippen molar-refractivity contribution in [2.45, 2.75) is 12.8 Å². The van der Waals surface area contributed by atoms with Gasteiger partial charge in [0.25, 0.3) is 0 Å². The van der Waals surface area contributed by atoms with Gasteiger partial charge in [-0.1, -0.05) is 12.1 Å². The highest BCUT2D eigenvalue weighted by molar-refractivity contribution is 5.50. The summed E-state index contributed by atoms with van der Waals surface area (Å²) in [5, 5.41) is 0. The van der Waals surface area contributed by atoms with E-state index in [0.717, 1.165) is 17.5 Å². The second-order valence-corrected chi connectivity index (χ2v) is 3.51. The lowest BCUT2D eigenvalue weighted by molar-refractivity contribution is -0.107. The average molecular weight is 216 g/mol. The standard InChI is InChI=1S/C12H12N2O2/c15-8-2-4-10-3-1-5-11(9-10)14-7-6-13-12(14)16/h1,3,5-9H,2,4H2,(H,13,16). The van der Waals surface area contributed by atoms with Gasteiger partial charge in [0, 0.05) is 18.8 Å². The molecule has 0 fully saturated rings. The lowest BCUT2D eigenvalue weighted by atomic mass is 10.1. The van der Waals surface area contributed by atoms with Gasteiger partial charge in [0.1, 0.15) is 6.29 Å². The third-order valence-corrected chi connectivity index (χ3v) is 2.39. The minimum atomic E-state index is -0.160. The molecule has 2 aromatic rings. The summed E-state index contributed by atoms with van der Waals surface area (Å²) in [7, 11) is 0. The van der Waals surface area contributed by atoms with Crippen LogP contribution in [0.15, 0.2) is 41.5 Å². The summed E-state index contributed by atoms with van der Waals surface area (Å²) in [6, 6.07) is 7.61. The lowest BCUT2D eigenvalue weighted by Crippen LogP contribution is -2.14. The molecule has 0 spiro atoms. The van der Waals surface area contributed by atoms with Gasteiger partial charge < -0.3 is 9.78 Å². The molecule has 0 atom stereocenters. The molecule has 0 aliphatic rings. The predicted octanol–water partition coefficient (Wildman–Crippen LogP) is 1.30. The fourth-order valence-electron chi connectivity index (χ4n) is 1.61. The first-order valence-electron chi connectivity index (χ1n) is 5.10. The maximum atomic E-state index is 11.4. The Morgan fingerprint density at radius 3 is 2.94 bits per heavy atom. The number of nitrogens with one attached hydrogen (secondary N) is 1. The van der Waals surface area contributed by atoms with Gasteiger partial charge >= 0.3 is 5.69 Å². The highest BCUT2D eigenvalue weighted by atomic mass is 16.1. The minimum absolute atomic E-state index is 0.160. The Bertz CT molecular complexity index is 540. The Hall–Kier alpha value is -2.10. The van der Waals surface area contributed by atoms with E-state index < -0.39 is 0 Å². The van der Waals surface area contributed by atoms with Crippen molar-refractivity contribution in [1.29, 1.82) is 0 Å². The Morgan fingerprint density at radius 1 is 1.38 bits per heavy atom. The summed E-state index contributed by atoms with van der Waals surface area (Å²) in [6.45, 7) is 0. The van der Waals surface area contributed by atoms with E-state index in [0.29, 0.717) is 12.8 Å². The van der Waals surface area contributed by atoms with Crippen molar-refractivity contribution in [2.75, 3.05) is 0 Å². The molecule has 0 amide bonds. The maximum absolute atomic E-state index is 11.4. The van der Waals surface area contributed by atoms with Crippen molar-refractivity contribution in [2.24, 2.45) is 0 Å². The van der Waals surface area contributed by atoms with Crippen LogP contribution in [-0.2, 0) is 11.2 Å². The first-order chi connectivity index (χ1) is 7.81. The van der Waals surface area contributed by atoms with Crippen LogP contribution in [0, 0.1) is 0 Å². The lowest BCUT2D eigenvalue weighted by Gasteiger charge is -2.03. The summed E-state index contributed by atoms with van der Waals surface area (Å²) in [5.74, 6) is 0. The number of rotatable bonds is 4. The van der Waals surface area contributed by atoms with Crippen LogP contribution in [-0.4, -0.2) is 15.8 Å². The summed E-state index contributed by atoms with van der Waals surface area (Å²) >= 11 is 0. The van der Waals surface area contributed by atoms with Crippen molar-refractivity contribution < 1.29 is 4.79 Å². The number of imidazole rings is 1. The zero-order chi connectivity index (χ0) is 11.4. The van der Waals surface area contributed by atoms with E-state index in [2.05, 4.69) is 4.98 Å². The van der Waals surface area contributed by atoms with Gasteiger partial charge in [-0.25, -0.2) is 4.79 Å². The van der Waals surface area contributed by atoms with Crippen molar-refractivity contribution in [3.63, 3.8) is 0 Å². The molecule has 16 heavy (non-hydrogen) atoms. The van der Waals surface area contributed by atoms with E-state index in [1.165, 1.54) is 4.57 Å². The average Bonchev–Trinajstić information content (AvgIpc) is 2.73. The number of H-pyrrole nitrogens is 1. The number of aromatic nitrogens is 2. The topological polar surface area (TPSA) is 54.9 Å². The van der Waals surface area contributed by atoms with E-state index in [1.807, 2.05) is 24.3 Å². The summed E-state index contributed by atoms with van der Waals surface area (Å²) in [6.07, 6.45) is 5.39. The molecule has 1 N–H and O–H groups in total. The quantitative estimate of drug-likeness (QED) is 0.783. The number of aldehydes is 1. The number of hydrogen-bond donors (Lipinski definition) is 1. The molecule has 1 aromatic heterocycles. The second kappa shape index (κ2) is 4.61. The molecule has 0 radical (unpaired) electrons. The molecule has 2 rings (SSSR count). The van der Waals surface area contributed by atoms with Gasteiger partial charge in [0.05, 0.1) is 5.69 Å².